The highest BCUT2D eigenvalue weighted by molar-refractivity contribution is 6.21. The van der Waals surface area contributed by atoms with Crippen LogP contribution in [0.1, 0.15) is 46.5 Å². The Morgan fingerprint density at radius 1 is 0.971 bits per heavy atom. The van der Waals surface area contributed by atoms with Crippen LogP contribution in [-0.2, 0) is 20.9 Å². The number of amides is 4. The molecular weight excluding hydrogens is 442 g/mol. The number of hydrogen-bond acceptors (Lipinski definition) is 6. The topological polar surface area (TPSA) is 133 Å². The minimum Gasteiger partial charge on any atom is -0.480 e. The number of alkyl carbamates (subject to hydrolysis) is 1. The first kappa shape index (κ1) is 24.4. The highest BCUT2D eigenvalue weighted by atomic mass is 16.5. The number of carbonyl (C=O) groups is 5. The Bertz CT molecular complexity index is 1070. The van der Waals surface area contributed by atoms with E-state index in [1.54, 1.807) is 50.2 Å². The molecule has 2 aromatic rings. The van der Waals surface area contributed by atoms with Gasteiger partial charge in [-0.3, -0.25) is 14.4 Å². The molecule has 0 aliphatic carbocycles. The molecule has 0 saturated heterocycles. The molecule has 1 atom stereocenters. The lowest BCUT2D eigenvalue weighted by molar-refractivity contribution is -0.160. The Hall–Kier alpha value is -4.21. The summed E-state index contributed by atoms with van der Waals surface area (Å²) >= 11 is 0. The van der Waals surface area contributed by atoms with Gasteiger partial charge in [0.15, 0.2) is 6.04 Å². The summed E-state index contributed by atoms with van der Waals surface area (Å²) in [7, 11) is 0. The quantitative estimate of drug-likeness (QED) is 0.541. The molecule has 34 heavy (non-hydrogen) atoms. The van der Waals surface area contributed by atoms with E-state index in [-0.39, 0.29) is 30.1 Å². The van der Waals surface area contributed by atoms with Gasteiger partial charge in [0, 0.05) is 0 Å². The molecule has 10 heteroatoms. The fraction of sp³-hybridized carbons (Fsp3) is 0.292. The number of rotatable bonds is 9. The largest absolute Gasteiger partial charge is 0.480 e. The minimum atomic E-state index is -1.50. The van der Waals surface area contributed by atoms with E-state index in [1.165, 1.54) is 12.1 Å². The van der Waals surface area contributed by atoms with Crippen molar-refractivity contribution in [1.29, 1.82) is 0 Å². The summed E-state index contributed by atoms with van der Waals surface area (Å²) < 4.78 is 5.06. The number of carboxylic acid groups (broad SMARTS) is 1. The van der Waals surface area contributed by atoms with Crippen LogP contribution in [0.15, 0.2) is 54.6 Å². The maximum Gasteiger partial charge on any atom is 0.407 e. The molecule has 1 heterocycles. The smallest absolute Gasteiger partial charge is 0.407 e. The average Bonchev–Trinajstić information content (AvgIpc) is 3.06. The summed E-state index contributed by atoms with van der Waals surface area (Å²) in [4.78, 5) is 63.2. The molecule has 0 saturated carbocycles. The fourth-order valence-electron chi connectivity index (χ4n) is 3.55. The van der Waals surface area contributed by atoms with Gasteiger partial charge in [0.1, 0.15) is 13.2 Å². The molecule has 4 amide bonds. The van der Waals surface area contributed by atoms with E-state index in [9.17, 15) is 29.1 Å². The molecule has 1 aliphatic rings. The van der Waals surface area contributed by atoms with Crippen LogP contribution in [0.2, 0.25) is 0 Å². The van der Waals surface area contributed by atoms with Gasteiger partial charge < -0.3 is 15.2 Å². The number of carbonyl (C=O) groups excluding carboxylic acids is 4. The molecule has 2 N–H and O–H groups in total. The number of benzene rings is 2. The second kappa shape index (κ2) is 10.6. The molecule has 0 spiro atoms. The van der Waals surface area contributed by atoms with Gasteiger partial charge in [-0.05, 0) is 30.0 Å². The number of hydrazine groups is 1. The van der Waals surface area contributed by atoms with Gasteiger partial charge >= 0.3 is 12.1 Å². The summed E-state index contributed by atoms with van der Waals surface area (Å²) in [5, 5.41) is 13.3. The summed E-state index contributed by atoms with van der Waals surface area (Å²) in [5.74, 6) is -4.12. The van der Waals surface area contributed by atoms with E-state index in [4.69, 9.17) is 4.74 Å². The van der Waals surface area contributed by atoms with Gasteiger partial charge in [-0.15, -0.1) is 0 Å². The SMILES string of the molecule is CC(C)C[C@@H](C(=O)O)N(C(=O)CNC(=O)OCc1ccccc1)N1C(=O)c2ccccc2C1=O. The van der Waals surface area contributed by atoms with E-state index in [0.29, 0.717) is 10.0 Å². The molecular formula is C24H25N3O7. The summed E-state index contributed by atoms with van der Waals surface area (Å²) in [5.41, 5.74) is 0.864. The summed E-state index contributed by atoms with van der Waals surface area (Å²) in [6.07, 6.45) is -0.928. The molecule has 0 unspecified atom stereocenters. The number of fused-ring (bicyclic) bond motifs is 1. The van der Waals surface area contributed by atoms with Crippen molar-refractivity contribution >= 4 is 29.8 Å². The number of nitrogens with one attached hydrogen (secondary N) is 1. The molecule has 2 aromatic carbocycles. The predicted octanol–water partition coefficient (Wildman–Crippen LogP) is 2.45. The Labute approximate surface area is 196 Å². The van der Waals surface area contributed by atoms with E-state index in [1.807, 2.05) is 6.07 Å². The lowest BCUT2D eigenvalue weighted by Gasteiger charge is -2.35. The number of imide groups is 1. The van der Waals surface area contributed by atoms with Crippen molar-refractivity contribution in [1.82, 2.24) is 15.3 Å². The summed E-state index contributed by atoms with van der Waals surface area (Å²) in [6, 6.07) is 13.4. The van der Waals surface area contributed by atoms with Crippen LogP contribution in [0.5, 0.6) is 0 Å². The second-order valence-electron chi connectivity index (χ2n) is 8.10. The Kier molecular flexibility index (Phi) is 7.62. The molecule has 10 nitrogen and oxygen atoms in total. The zero-order valence-corrected chi connectivity index (χ0v) is 18.8. The average molecular weight is 467 g/mol. The standard InChI is InChI=1S/C24H25N3O7/c1-15(2)12-19(23(31)32)26(27-21(29)17-10-6-7-11-18(17)22(27)30)20(28)13-25-24(33)34-14-16-8-4-3-5-9-16/h3-11,15,19H,12-14H2,1-2H3,(H,25,33)(H,31,32)/t19-/m0/s1. The van der Waals surface area contributed by atoms with Crippen molar-refractivity contribution in [2.75, 3.05) is 6.54 Å². The number of hydrogen-bond donors (Lipinski definition) is 2. The number of nitrogens with zero attached hydrogens (tertiary/aromatic N) is 2. The third-order valence-corrected chi connectivity index (χ3v) is 5.12. The van der Waals surface area contributed by atoms with E-state index >= 15 is 0 Å². The van der Waals surface area contributed by atoms with Crippen molar-refractivity contribution in [2.45, 2.75) is 32.9 Å². The summed E-state index contributed by atoms with van der Waals surface area (Å²) in [6.45, 7) is 2.79. The highest BCUT2D eigenvalue weighted by Crippen LogP contribution is 2.27. The van der Waals surface area contributed by atoms with Crippen LogP contribution in [0, 0.1) is 5.92 Å². The molecule has 0 bridgehead atoms. The van der Waals surface area contributed by atoms with Crippen LogP contribution in [-0.4, -0.2) is 57.5 Å². The van der Waals surface area contributed by atoms with Crippen molar-refractivity contribution in [2.24, 2.45) is 5.92 Å². The molecule has 0 aromatic heterocycles. The van der Waals surface area contributed by atoms with Crippen LogP contribution in [0.3, 0.4) is 0 Å². The maximum atomic E-state index is 13.1. The maximum absolute atomic E-state index is 13.1. The van der Waals surface area contributed by atoms with Gasteiger partial charge in [0.2, 0.25) is 0 Å². The van der Waals surface area contributed by atoms with Crippen molar-refractivity contribution < 1.29 is 33.8 Å². The first-order chi connectivity index (χ1) is 16.2. The predicted molar refractivity (Wildman–Crippen MR) is 119 cm³/mol. The zero-order chi connectivity index (χ0) is 24.8. The first-order valence-corrected chi connectivity index (χ1v) is 10.7. The molecule has 0 radical (unpaired) electrons. The van der Waals surface area contributed by atoms with E-state index in [0.717, 1.165) is 5.56 Å². The second-order valence-corrected chi connectivity index (χ2v) is 8.10. The Balaban J connectivity index is 1.79. The van der Waals surface area contributed by atoms with Crippen molar-refractivity contribution in [3.8, 4) is 0 Å². The van der Waals surface area contributed by atoms with Crippen LogP contribution >= 0.6 is 0 Å². The zero-order valence-electron chi connectivity index (χ0n) is 18.8. The van der Waals surface area contributed by atoms with Gasteiger partial charge in [-0.1, -0.05) is 56.3 Å². The molecule has 0 fully saturated rings. The third-order valence-electron chi connectivity index (χ3n) is 5.12. The normalized spacial score (nSPS) is 13.4. The monoisotopic (exact) mass is 467 g/mol. The van der Waals surface area contributed by atoms with Gasteiger partial charge in [-0.25, -0.2) is 14.6 Å². The number of aliphatic carboxylic acids is 1. The fourth-order valence-corrected chi connectivity index (χ4v) is 3.55. The van der Waals surface area contributed by atoms with E-state index < -0.39 is 42.4 Å². The van der Waals surface area contributed by atoms with Gasteiger partial charge in [0.05, 0.1) is 11.1 Å². The van der Waals surface area contributed by atoms with Crippen molar-refractivity contribution in [3.63, 3.8) is 0 Å². The van der Waals surface area contributed by atoms with Crippen LogP contribution in [0.4, 0.5) is 4.79 Å². The number of ether oxygens (including phenoxy) is 1. The number of carboxylic acids is 1. The van der Waals surface area contributed by atoms with Crippen LogP contribution in [0.25, 0.3) is 0 Å². The lowest BCUT2D eigenvalue weighted by atomic mass is 10.0. The Morgan fingerprint density at radius 2 is 1.53 bits per heavy atom. The van der Waals surface area contributed by atoms with Gasteiger partial charge in [-0.2, -0.15) is 5.01 Å². The molecule has 178 valence electrons. The first-order valence-electron chi connectivity index (χ1n) is 10.7. The lowest BCUT2D eigenvalue weighted by Crippen LogP contribution is -2.59. The van der Waals surface area contributed by atoms with Crippen LogP contribution < -0.4 is 5.32 Å². The van der Waals surface area contributed by atoms with Gasteiger partial charge in [0.25, 0.3) is 17.7 Å². The third kappa shape index (κ3) is 5.40. The van der Waals surface area contributed by atoms with Crippen molar-refractivity contribution in [3.05, 3.63) is 71.3 Å². The molecule has 1 aliphatic heterocycles. The van der Waals surface area contributed by atoms with E-state index in [2.05, 4.69) is 5.32 Å². The Morgan fingerprint density at radius 3 is 2.06 bits per heavy atom. The minimum absolute atomic E-state index is 0.0209. The molecule has 3 rings (SSSR count). The highest BCUT2D eigenvalue weighted by Gasteiger charge is 2.45.